The fourth-order valence-electron chi connectivity index (χ4n) is 1.78. The minimum Gasteiger partial charge on any atom is -0.383 e. The zero-order chi connectivity index (χ0) is 15.0. The van der Waals surface area contributed by atoms with Crippen molar-refractivity contribution in [2.24, 2.45) is 0 Å². The molecule has 0 radical (unpaired) electrons. The van der Waals surface area contributed by atoms with E-state index in [1.165, 1.54) is 12.1 Å². The first-order chi connectivity index (χ1) is 9.56. The number of likely N-dealkylation sites (N-methyl/N-ethyl adjacent to an activating group) is 1. The van der Waals surface area contributed by atoms with Gasteiger partial charge in [0.05, 0.1) is 13.2 Å². The van der Waals surface area contributed by atoms with Crippen LogP contribution in [0.15, 0.2) is 18.2 Å². The van der Waals surface area contributed by atoms with Crippen LogP contribution in [0.25, 0.3) is 0 Å². The molecular weight excluding hydrogens is 283 g/mol. The van der Waals surface area contributed by atoms with Crippen LogP contribution in [0.5, 0.6) is 0 Å². The molecule has 0 atom stereocenters. The van der Waals surface area contributed by atoms with Crippen molar-refractivity contribution in [1.29, 1.82) is 0 Å². The molecular formula is C14H20ClFN2O2. The molecule has 0 saturated heterocycles. The number of carbonyl (C=O) groups is 1. The Morgan fingerprint density at radius 2 is 2.25 bits per heavy atom. The predicted octanol–water partition coefficient (Wildman–Crippen LogP) is 2.06. The number of nitrogens with zero attached hydrogens (tertiary/aromatic N) is 1. The summed E-state index contributed by atoms with van der Waals surface area (Å²) in [6, 6.07) is 4.27. The molecule has 1 rings (SSSR count). The highest BCUT2D eigenvalue weighted by molar-refractivity contribution is 6.31. The topological polar surface area (TPSA) is 41.6 Å². The van der Waals surface area contributed by atoms with Crippen LogP contribution in [0.2, 0.25) is 5.02 Å². The molecule has 1 aromatic rings. The highest BCUT2D eigenvalue weighted by Crippen LogP contribution is 2.18. The van der Waals surface area contributed by atoms with E-state index in [9.17, 15) is 9.18 Å². The minimum absolute atomic E-state index is 0.0539. The predicted molar refractivity (Wildman–Crippen MR) is 77.2 cm³/mol. The molecule has 0 fully saturated rings. The maximum absolute atomic E-state index is 13.0. The summed E-state index contributed by atoms with van der Waals surface area (Å²) in [5.41, 5.74) is 0.786. The monoisotopic (exact) mass is 302 g/mol. The molecule has 1 amide bonds. The van der Waals surface area contributed by atoms with Gasteiger partial charge in [-0.15, -0.1) is 0 Å². The van der Waals surface area contributed by atoms with Gasteiger partial charge in [-0.3, -0.25) is 9.69 Å². The SMILES string of the molecule is CCNC(=O)CN(CCOC)Cc1ccc(F)cc1Cl. The average molecular weight is 303 g/mol. The van der Waals surface area contributed by atoms with Gasteiger partial charge in [0.15, 0.2) is 0 Å². The van der Waals surface area contributed by atoms with E-state index in [1.54, 1.807) is 13.2 Å². The molecule has 0 unspecified atom stereocenters. The van der Waals surface area contributed by atoms with E-state index in [4.69, 9.17) is 16.3 Å². The van der Waals surface area contributed by atoms with Crippen LogP contribution < -0.4 is 5.32 Å². The Morgan fingerprint density at radius 3 is 2.85 bits per heavy atom. The van der Waals surface area contributed by atoms with Crippen molar-refractivity contribution in [2.45, 2.75) is 13.5 Å². The molecule has 0 aliphatic heterocycles. The highest BCUT2D eigenvalue weighted by atomic mass is 35.5. The van der Waals surface area contributed by atoms with E-state index in [2.05, 4.69) is 5.32 Å². The zero-order valence-corrected chi connectivity index (χ0v) is 12.5. The largest absolute Gasteiger partial charge is 0.383 e. The van der Waals surface area contributed by atoms with Crippen LogP contribution in [0.4, 0.5) is 4.39 Å². The van der Waals surface area contributed by atoms with Gasteiger partial charge >= 0.3 is 0 Å². The van der Waals surface area contributed by atoms with Gasteiger partial charge in [0.25, 0.3) is 0 Å². The van der Waals surface area contributed by atoms with Crippen molar-refractivity contribution in [1.82, 2.24) is 10.2 Å². The van der Waals surface area contributed by atoms with Gasteiger partial charge in [-0.1, -0.05) is 17.7 Å². The number of methoxy groups -OCH3 is 1. The van der Waals surface area contributed by atoms with E-state index < -0.39 is 0 Å². The zero-order valence-electron chi connectivity index (χ0n) is 11.8. The van der Waals surface area contributed by atoms with Crippen molar-refractivity contribution in [3.63, 3.8) is 0 Å². The highest BCUT2D eigenvalue weighted by Gasteiger charge is 2.12. The van der Waals surface area contributed by atoms with Crippen molar-refractivity contribution in [3.8, 4) is 0 Å². The van der Waals surface area contributed by atoms with E-state index in [-0.39, 0.29) is 18.3 Å². The van der Waals surface area contributed by atoms with Crippen LogP contribution in [-0.2, 0) is 16.1 Å². The second-order valence-electron chi connectivity index (χ2n) is 4.39. The van der Waals surface area contributed by atoms with Crippen LogP contribution in [-0.4, -0.2) is 44.2 Å². The number of nitrogens with one attached hydrogen (secondary N) is 1. The normalized spacial score (nSPS) is 10.8. The molecule has 0 saturated carbocycles. The first-order valence-corrected chi connectivity index (χ1v) is 6.86. The lowest BCUT2D eigenvalue weighted by atomic mass is 10.2. The number of carbonyl (C=O) groups excluding carboxylic acids is 1. The molecule has 0 heterocycles. The number of hydrogen-bond acceptors (Lipinski definition) is 3. The second-order valence-corrected chi connectivity index (χ2v) is 4.80. The number of rotatable bonds is 8. The molecule has 20 heavy (non-hydrogen) atoms. The number of halogens is 2. The second kappa shape index (κ2) is 8.89. The Kier molecular flexibility index (Phi) is 7.51. The van der Waals surface area contributed by atoms with Crippen molar-refractivity contribution in [2.75, 3.05) is 33.4 Å². The van der Waals surface area contributed by atoms with Crippen LogP contribution in [0, 0.1) is 5.82 Å². The Labute approximate surface area is 123 Å². The summed E-state index contributed by atoms with van der Waals surface area (Å²) in [6.45, 7) is 4.30. The lowest BCUT2D eigenvalue weighted by Crippen LogP contribution is -2.38. The fourth-order valence-corrected chi connectivity index (χ4v) is 2.01. The third-order valence-electron chi connectivity index (χ3n) is 2.76. The standard InChI is InChI=1S/C14H20ClFN2O2/c1-3-17-14(19)10-18(6-7-20-2)9-11-4-5-12(16)8-13(11)15/h4-5,8H,3,6-7,9-10H2,1-2H3,(H,17,19). The van der Waals surface area contributed by atoms with Crippen molar-refractivity contribution < 1.29 is 13.9 Å². The summed E-state index contributed by atoms with van der Waals surface area (Å²) >= 11 is 6.01. The van der Waals surface area contributed by atoms with E-state index >= 15 is 0 Å². The molecule has 0 aliphatic carbocycles. The van der Waals surface area contributed by atoms with Gasteiger partial charge in [0.1, 0.15) is 5.82 Å². The summed E-state index contributed by atoms with van der Waals surface area (Å²) in [6.07, 6.45) is 0. The minimum atomic E-state index is -0.370. The molecule has 0 aromatic heterocycles. The molecule has 4 nitrogen and oxygen atoms in total. The average Bonchev–Trinajstić information content (AvgIpc) is 2.39. The Balaban J connectivity index is 2.69. The summed E-state index contributed by atoms with van der Waals surface area (Å²) in [5, 5.41) is 3.11. The lowest BCUT2D eigenvalue weighted by Gasteiger charge is -2.22. The molecule has 1 aromatic carbocycles. The summed E-state index contributed by atoms with van der Waals surface area (Å²) in [4.78, 5) is 13.6. The molecule has 0 aliphatic rings. The maximum Gasteiger partial charge on any atom is 0.234 e. The van der Waals surface area contributed by atoms with Gasteiger partial charge in [0, 0.05) is 31.8 Å². The van der Waals surface area contributed by atoms with Gasteiger partial charge in [-0.05, 0) is 24.6 Å². The molecule has 112 valence electrons. The fraction of sp³-hybridized carbons (Fsp3) is 0.500. The van der Waals surface area contributed by atoms with Gasteiger partial charge in [0.2, 0.25) is 5.91 Å². The smallest absolute Gasteiger partial charge is 0.234 e. The first kappa shape index (κ1) is 16.9. The Morgan fingerprint density at radius 1 is 1.50 bits per heavy atom. The molecule has 0 bridgehead atoms. The van der Waals surface area contributed by atoms with Crippen molar-refractivity contribution >= 4 is 17.5 Å². The number of ether oxygens (including phenoxy) is 1. The van der Waals surface area contributed by atoms with Crippen LogP contribution in [0.3, 0.4) is 0 Å². The van der Waals surface area contributed by atoms with Gasteiger partial charge < -0.3 is 10.1 Å². The van der Waals surface area contributed by atoms with Crippen LogP contribution in [0.1, 0.15) is 12.5 Å². The van der Waals surface area contributed by atoms with Crippen molar-refractivity contribution in [3.05, 3.63) is 34.6 Å². The summed E-state index contributed by atoms with van der Waals surface area (Å²) < 4.78 is 18.1. The number of amides is 1. The van der Waals surface area contributed by atoms with Gasteiger partial charge in [-0.2, -0.15) is 0 Å². The summed E-state index contributed by atoms with van der Waals surface area (Å²) in [7, 11) is 1.61. The van der Waals surface area contributed by atoms with Gasteiger partial charge in [-0.25, -0.2) is 4.39 Å². The van der Waals surface area contributed by atoms with Crippen LogP contribution >= 0.6 is 11.6 Å². The Bertz CT molecular complexity index is 443. The lowest BCUT2D eigenvalue weighted by molar-refractivity contribution is -0.122. The first-order valence-electron chi connectivity index (χ1n) is 6.48. The third-order valence-corrected chi connectivity index (χ3v) is 3.11. The third kappa shape index (κ3) is 5.86. The van der Waals surface area contributed by atoms with E-state index in [1.807, 2.05) is 11.8 Å². The number of hydrogen-bond donors (Lipinski definition) is 1. The molecule has 1 N–H and O–H groups in total. The van der Waals surface area contributed by atoms with E-state index in [0.717, 1.165) is 5.56 Å². The molecule has 6 heteroatoms. The summed E-state index contributed by atoms with van der Waals surface area (Å²) in [5.74, 6) is -0.423. The van der Waals surface area contributed by atoms with E-state index in [0.29, 0.717) is 31.3 Å². The quantitative estimate of drug-likeness (QED) is 0.799. The Hall–Kier alpha value is -1.17. The molecule has 0 spiro atoms. The maximum atomic E-state index is 13.0. The number of benzene rings is 1.